The lowest BCUT2D eigenvalue weighted by atomic mass is 9.99. The van der Waals surface area contributed by atoms with Gasteiger partial charge in [0.05, 0.1) is 7.11 Å². The molecule has 1 aliphatic heterocycles. The molecule has 1 saturated heterocycles. The first-order chi connectivity index (χ1) is 15.2. The second-order valence-electron chi connectivity index (χ2n) is 7.65. The molecule has 1 fully saturated rings. The largest absolute Gasteiger partial charge is 0.497 e. The molecular formula is C24H26N4O3. The fourth-order valence-corrected chi connectivity index (χ4v) is 3.80. The van der Waals surface area contributed by atoms with E-state index in [2.05, 4.69) is 20.2 Å². The van der Waals surface area contributed by atoms with E-state index in [-0.39, 0.29) is 12.5 Å². The van der Waals surface area contributed by atoms with Gasteiger partial charge in [-0.2, -0.15) is 0 Å². The third-order valence-corrected chi connectivity index (χ3v) is 5.53. The van der Waals surface area contributed by atoms with Crippen LogP contribution in [0.2, 0.25) is 0 Å². The maximum absolute atomic E-state index is 12.6. The fourth-order valence-electron chi connectivity index (χ4n) is 3.80. The van der Waals surface area contributed by atoms with Crippen LogP contribution in [0.5, 0.6) is 5.75 Å². The van der Waals surface area contributed by atoms with Gasteiger partial charge in [-0.1, -0.05) is 0 Å². The molecule has 1 aliphatic rings. The Labute approximate surface area is 181 Å². The topological polar surface area (TPSA) is 87.6 Å². The molecule has 0 saturated carbocycles. The van der Waals surface area contributed by atoms with Crippen molar-refractivity contribution in [3.8, 4) is 16.9 Å². The van der Waals surface area contributed by atoms with Crippen LogP contribution < -0.4 is 15.0 Å². The summed E-state index contributed by atoms with van der Waals surface area (Å²) in [5.41, 5.74) is 2.47. The van der Waals surface area contributed by atoms with E-state index in [0.717, 1.165) is 42.9 Å². The lowest BCUT2D eigenvalue weighted by Gasteiger charge is -2.32. The average Bonchev–Trinajstić information content (AvgIpc) is 2.84. The van der Waals surface area contributed by atoms with E-state index >= 15 is 0 Å². The van der Waals surface area contributed by atoms with Gasteiger partial charge < -0.3 is 20.1 Å². The first-order valence-corrected chi connectivity index (χ1v) is 10.4. The standard InChI is InChI=1S/C24H26N4O3/c1-31-21-6-4-18(5-7-21)24(30)27-22-13-19(8-10-25-22)20-9-11-26-23(14-20)28-12-2-3-17(15-28)16-29/h4-11,13-14,17,29H,2-3,12,15-16H2,1H3,(H,25,27,30). The minimum Gasteiger partial charge on any atom is -0.497 e. The SMILES string of the molecule is COc1ccc(C(=O)Nc2cc(-c3ccnc(N4CCCC(CO)C4)c3)ccn2)cc1. The van der Waals surface area contributed by atoms with Crippen LogP contribution in [0.25, 0.3) is 11.1 Å². The summed E-state index contributed by atoms with van der Waals surface area (Å²) in [7, 11) is 1.59. The number of benzene rings is 1. The van der Waals surface area contributed by atoms with Crippen LogP contribution in [-0.4, -0.2) is 47.8 Å². The van der Waals surface area contributed by atoms with Crippen LogP contribution in [0.3, 0.4) is 0 Å². The number of aliphatic hydroxyl groups excluding tert-OH is 1. The van der Waals surface area contributed by atoms with Crippen LogP contribution in [0.1, 0.15) is 23.2 Å². The molecule has 3 aromatic rings. The van der Waals surface area contributed by atoms with Crippen molar-refractivity contribution in [2.24, 2.45) is 5.92 Å². The molecule has 31 heavy (non-hydrogen) atoms. The molecule has 3 heterocycles. The summed E-state index contributed by atoms with van der Waals surface area (Å²) in [6.45, 7) is 1.96. The van der Waals surface area contributed by atoms with Crippen molar-refractivity contribution in [3.05, 3.63) is 66.5 Å². The predicted octanol–water partition coefficient (Wildman–Crippen LogP) is 3.61. The van der Waals surface area contributed by atoms with Crippen LogP contribution >= 0.6 is 0 Å². The molecule has 4 rings (SSSR count). The maximum atomic E-state index is 12.6. The van der Waals surface area contributed by atoms with E-state index in [1.807, 2.05) is 24.3 Å². The van der Waals surface area contributed by atoms with Crippen molar-refractivity contribution in [1.82, 2.24) is 9.97 Å². The number of ether oxygens (including phenoxy) is 1. The fraction of sp³-hybridized carbons (Fsp3) is 0.292. The van der Waals surface area contributed by atoms with Crippen LogP contribution in [0, 0.1) is 5.92 Å². The summed E-state index contributed by atoms with van der Waals surface area (Å²) in [6.07, 6.45) is 5.58. The van der Waals surface area contributed by atoms with E-state index in [4.69, 9.17) is 4.74 Å². The van der Waals surface area contributed by atoms with Crippen molar-refractivity contribution < 1.29 is 14.6 Å². The maximum Gasteiger partial charge on any atom is 0.256 e. The van der Waals surface area contributed by atoms with Crippen LogP contribution in [0.15, 0.2) is 60.9 Å². The lowest BCUT2D eigenvalue weighted by Crippen LogP contribution is -2.37. The summed E-state index contributed by atoms with van der Waals surface area (Å²) < 4.78 is 5.13. The van der Waals surface area contributed by atoms with Gasteiger partial charge in [-0.25, -0.2) is 9.97 Å². The van der Waals surface area contributed by atoms with E-state index < -0.39 is 0 Å². The Balaban J connectivity index is 1.50. The van der Waals surface area contributed by atoms with Crippen molar-refractivity contribution in [1.29, 1.82) is 0 Å². The number of carbonyl (C=O) groups is 1. The second-order valence-corrected chi connectivity index (χ2v) is 7.65. The molecule has 7 heteroatoms. The molecule has 160 valence electrons. The van der Waals surface area contributed by atoms with E-state index in [1.165, 1.54) is 0 Å². The number of hydrogen-bond acceptors (Lipinski definition) is 6. The number of aliphatic hydroxyl groups is 1. The zero-order valence-corrected chi connectivity index (χ0v) is 17.5. The van der Waals surface area contributed by atoms with Crippen molar-refractivity contribution in [3.63, 3.8) is 0 Å². The van der Waals surface area contributed by atoms with Gasteiger partial charge in [0.2, 0.25) is 0 Å². The minimum absolute atomic E-state index is 0.206. The number of piperidine rings is 1. The van der Waals surface area contributed by atoms with Gasteiger partial charge in [0.25, 0.3) is 5.91 Å². The average molecular weight is 418 g/mol. The number of aromatic nitrogens is 2. The summed E-state index contributed by atoms with van der Waals surface area (Å²) in [5.74, 6) is 2.14. The van der Waals surface area contributed by atoms with Gasteiger partial charge in [-0.15, -0.1) is 0 Å². The molecule has 1 atom stereocenters. The predicted molar refractivity (Wildman–Crippen MR) is 120 cm³/mol. The van der Waals surface area contributed by atoms with Gasteiger partial charge in [0, 0.05) is 37.7 Å². The summed E-state index contributed by atoms with van der Waals surface area (Å²) in [5, 5.41) is 12.4. The minimum atomic E-state index is -0.230. The van der Waals surface area contributed by atoms with Gasteiger partial charge >= 0.3 is 0 Å². The molecule has 1 aromatic carbocycles. The molecule has 7 nitrogen and oxygen atoms in total. The summed E-state index contributed by atoms with van der Waals surface area (Å²) in [6, 6.07) is 14.7. The number of amides is 1. The quantitative estimate of drug-likeness (QED) is 0.636. The molecule has 0 aliphatic carbocycles. The normalized spacial score (nSPS) is 16.1. The van der Waals surface area contributed by atoms with E-state index in [1.54, 1.807) is 43.8 Å². The smallest absolute Gasteiger partial charge is 0.256 e. The third kappa shape index (κ3) is 5.00. The zero-order valence-electron chi connectivity index (χ0n) is 17.5. The number of nitrogens with zero attached hydrogens (tertiary/aromatic N) is 3. The third-order valence-electron chi connectivity index (χ3n) is 5.53. The highest BCUT2D eigenvalue weighted by Gasteiger charge is 2.20. The van der Waals surface area contributed by atoms with E-state index in [9.17, 15) is 9.90 Å². The first kappa shape index (κ1) is 20.8. The van der Waals surface area contributed by atoms with Crippen molar-refractivity contribution in [2.75, 3.05) is 37.0 Å². The Morgan fingerprint density at radius 1 is 1.13 bits per heavy atom. The molecule has 1 amide bonds. The number of pyridine rings is 2. The lowest BCUT2D eigenvalue weighted by molar-refractivity contribution is 0.102. The highest BCUT2D eigenvalue weighted by atomic mass is 16.5. The van der Waals surface area contributed by atoms with Crippen LogP contribution in [-0.2, 0) is 0 Å². The number of anilines is 2. The molecule has 0 radical (unpaired) electrons. The Morgan fingerprint density at radius 2 is 1.87 bits per heavy atom. The molecule has 2 aromatic heterocycles. The van der Waals surface area contributed by atoms with Crippen molar-refractivity contribution >= 4 is 17.5 Å². The molecule has 2 N–H and O–H groups in total. The van der Waals surface area contributed by atoms with Gasteiger partial charge in [-0.05, 0) is 78.4 Å². The Hall–Kier alpha value is -3.45. The van der Waals surface area contributed by atoms with Gasteiger partial charge in [-0.3, -0.25) is 4.79 Å². The highest BCUT2D eigenvalue weighted by molar-refractivity contribution is 6.04. The number of methoxy groups -OCH3 is 1. The number of rotatable bonds is 6. The molecule has 1 unspecified atom stereocenters. The molecule has 0 bridgehead atoms. The molecular weight excluding hydrogens is 392 g/mol. The number of carbonyl (C=O) groups excluding carboxylic acids is 1. The van der Waals surface area contributed by atoms with Gasteiger partial charge in [0.1, 0.15) is 17.4 Å². The second kappa shape index (κ2) is 9.57. The highest BCUT2D eigenvalue weighted by Crippen LogP contribution is 2.27. The zero-order chi connectivity index (χ0) is 21.6. The Bertz CT molecular complexity index is 1040. The summed E-state index contributed by atoms with van der Waals surface area (Å²) >= 11 is 0. The number of nitrogens with one attached hydrogen (secondary N) is 1. The Kier molecular flexibility index (Phi) is 6.43. The monoisotopic (exact) mass is 418 g/mol. The van der Waals surface area contributed by atoms with Crippen LogP contribution in [0.4, 0.5) is 11.6 Å². The summed E-state index contributed by atoms with van der Waals surface area (Å²) in [4.78, 5) is 23.6. The molecule has 0 spiro atoms. The number of hydrogen-bond donors (Lipinski definition) is 2. The Morgan fingerprint density at radius 3 is 2.61 bits per heavy atom. The first-order valence-electron chi connectivity index (χ1n) is 10.4. The van der Waals surface area contributed by atoms with Gasteiger partial charge in [0.15, 0.2) is 0 Å². The van der Waals surface area contributed by atoms with Crippen molar-refractivity contribution in [2.45, 2.75) is 12.8 Å². The van der Waals surface area contributed by atoms with E-state index in [0.29, 0.717) is 23.0 Å².